The Balaban J connectivity index is 0.000000235. The van der Waals surface area contributed by atoms with E-state index in [0.29, 0.717) is 15.6 Å². The van der Waals surface area contributed by atoms with Gasteiger partial charge in [-0.25, -0.2) is 0 Å². The Morgan fingerprint density at radius 3 is 2.09 bits per heavy atom. The zero-order valence-electron chi connectivity index (χ0n) is 12.3. The standard InChI is InChI=1S/C10H11ClN2.C7H5ClO/c1-13(2)10(7-12)8-4-3-5-9(11)6-8;8-7-3-1-2-6(4-7)5-9/h3-6,10H,1-2H3;1-5H. The van der Waals surface area contributed by atoms with Gasteiger partial charge in [0, 0.05) is 15.6 Å². The summed E-state index contributed by atoms with van der Waals surface area (Å²) in [4.78, 5) is 12.0. The molecule has 0 aromatic heterocycles. The summed E-state index contributed by atoms with van der Waals surface area (Å²) in [6, 6.07) is 16.2. The quantitative estimate of drug-likeness (QED) is 0.769. The highest BCUT2D eigenvalue weighted by Crippen LogP contribution is 2.20. The fourth-order valence-corrected chi connectivity index (χ4v) is 2.14. The predicted molar refractivity (Wildman–Crippen MR) is 90.3 cm³/mol. The van der Waals surface area contributed by atoms with Crippen LogP contribution in [0.3, 0.4) is 0 Å². The van der Waals surface area contributed by atoms with Crippen molar-refractivity contribution < 1.29 is 4.79 Å². The number of hydrogen-bond acceptors (Lipinski definition) is 3. The molecule has 2 rings (SSSR count). The van der Waals surface area contributed by atoms with E-state index in [0.717, 1.165) is 11.8 Å². The molecule has 0 N–H and O–H groups in total. The highest BCUT2D eigenvalue weighted by Gasteiger charge is 2.12. The largest absolute Gasteiger partial charge is 0.298 e. The molecule has 0 saturated carbocycles. The Morgan fingerprint density at radius 1 is 1.09 bits per heavy atom. The molecule has 3 nitrogen and oxygen atoms in total. The van der Waals surface area contributed by atoms with Gasteiger partial charge in [0.15, 0.2) is 0 Å². The zero-order chi connectivity index (χ0) is 16.5. The molecule has 22 heavy (non-hydrogen) atoms. The lowest BCUT2D eigenvalue weighted by Gasteiger charge is -2.17. The molecule has 1 atom stereocenters. The minimum atomic E-state index is -0.223. The summed E-state index contributed by atoms with van der Waals surface area (Å²) in [6.45, 7) is 0. The average molecular weight is 335 g/mol. The fourth-order valence-electron chi connectivity index (χ4n) is 1.74. The topological polar surface area (TPSA) is 44.1 Å². The second kappa shape index (κ2) is 9.22. The van der Waals surface area contributed by atoms with Crippen molar-refractivity contribution in [3.8, 4) is 6.07 Å². The maximum Gasteiger partial charge on any atom is 0.150 e. The van der Waals surface area contributed by atoms with Crippen molar-refractivity contribution in [3.05, 3.63) is 69.7 Å². The maximum atomic E-state index is 10.1. The molecule has 0 bridgehead atoms. The molecule has 1 unspecified atom stereocenters. The minimum Gasteiger partial charge on any atom is -0.298 e. The van der Waals surface area contributed by atoms with Gasteiger partial charge in [-0.1, -0.05) is 47.5 Å². The number of benzene rings is 2. The van der Waals surface area contributed by atoms with E-state index in [2.05, 4.69) is 6.07 Å². The van der Waals surface area contributed by atoms with Gasteiger partial charge >= 0.3 is 0 Å². The average Bonchev–Trinajstić information content (AvgIpc) is 2.48. The maximum absolute atomic E-state index is 10.1. The Bertz CT molecular complexity index is 666. The molecule has 0 aliphatic rings. The van der Waals surface area contributed by atoms with Crippen molar-refractivity contribution in [2.24, 2.45) is 0 Å². The molecule has 0 aliphatic heterocycles. The van der Waals surface area contributed by atoms with Crippen molar-refractivity contribution in [3.63, 3.8) is 0 Å². The first-order valence-corrected chi connectivity index (χ1v) is 7.25. The molecule has 0 heterocycles. The Kier molecular flexibility index (Phi) is 7.62. The van der Waals surface area contributed by atoms with Gasteiger partial charge in [0.1, 0.15) is 12.3 Å². The number of nitriles is 1. The van der Waals surface area contributed by atoms with Crippen molar-refractivity contribution in [2.45, 2.75) is 6.04 Å². The van der Waals surface area contributed by atoms with E-state index in [9.17, 15) is 4.79 Å². The summed E-state index contributed by atoms with van der Waals surface area (Å²) >= 11 is 11.4. The second-order valence-corrected chi connectivity index (χ2v) is 5.60. The van der Waals surface area contributed by atoms with Crippen LogP contribution in [0.25, 0.3) is 0 Å². The van der Waals surface area contributed by atoms with E-state index in [1.165, 1.54) is 0 Å². The summed E-state index contributed by atoms with van der Waals surface area (Å²) in [6.07, 6.45) is 0.770. The van der Waals surface area contributed by atoms with Gasteiger partial charge in [0.25, 0.3) is 0 Å². The highest BCUT2D eigenvalue weighted by molar-refractivity contribution is 6.31. The van der Waals surface area contributed by atoms with E-state index < -0.39 is 0 Å². The number of carbonyl (C=O) groups is 1. The number of nitrogens with zero attached hydrogens (tertiary/aromatic N) is 2. The van der Waals surface area contributed by atoms with E-state index in [-0.39, 0.29) is 6.04 Å². The molecule has 0 radical (unpaired) electrons. The molecule has 2 aromatic carbocycles. The molecule has 114 valence electrons. The van der Waals surface area contributed by atoms with Crippen LogP contribution < -0.4 is 0 Å². The molecule has 0 aliphatic carbocycles. The SMILES string of the molecule is CN(C)C(C#N)c1cccc(Cl)c1.O=Cc1cccc(Cl)c1. The first kappa shape index (κ1) is 18.2. The van der Waals surface area contributed by atoms with Crippen molar-refractivity contribution >= 4 is 29.5 Å². The Labute approximate surface area is 140 Å². The van der Waals surface area contributed by atoms with Gasteiger partial charge in [-0.15, -0.1) is 0 Å². The lowest BCUT2D eigenvalue weighted by molar-refractivity contribution is 0.112. The number of aldehydes is 1. The summed E-state index contributed by atoms with van der Waals surface area (Å²) in [7, 11) is 3.74. The predicted octanol–water partition coefficient (Wildman–Crippen LogP) is 4.62. The van der Waals surface area contributed by atoms with Crippen molar-refractivity contribution in [1.29, 1.82) is 5.26 Å². The Hall–Kier alpha value is -1.86. The third-order valence-electron chi connectivity index (χ3n) is 2.79. The van der Waals surface area contributed by atoms with Gasteiger partial charge in [-0.2, -0.15) is 5.26 Å². The number of halogens is 2. The molecular formula is C17H16Cl2N2O. The summed E-state index contributed by atoms with van der Waals surface area (Å²) < 4.78 is 0. The summed E-state index contributed by atoms with van der Waals surface area (Å²) in [5.41, 5.74) is 1.54. The van der Waals surface area contributed by atoms with Gasteiger partial charge < -0.3 is 0 Å². The van der Waals surface area contributed by atoms with Crippen LogP contribution in [-0.4, -0.2) is 25.3 Å². The van der Waals surface area contributed by atoms with Gasteiger partial charge in [0.05, 0.1) is 6.07 Å². The summed E-state index contributed by atoms with van der Waals surface area (Å²) in [5, 5.41) is 10.2. The van der Waals surface area contributed by atoms with Crippen molar-refractivity contribution in [1.82, 2.24) is 4.90 Å². The lowest BCUT2D eigenvalue weighted by Crippen LogP contribution is -2.18. The molecule has 5 heteroatoms. The van der Waals surface area contributed by atoms with E-state index in [4.69, 9.17) is 28.5 Å². The van der Waals surface area contributed by atoms with Crippen LogP contribution >= 0.6 is 23.2 Å². The second-order valence-electron chi connectivity index (χ2n) is 4.72. The normalized spacial score (nSPS) is 11.1. The molecule has 0 fully saturated rings. The molecule has 0 saturated heterocycles. The Morgan fingerprint density at radius 2 is 1.68 bits per heavy atom. The van der Waals surface area contributed by atoms with Gasteiger partial charge in [0.2, 0.25) is 0 Å². The first-order valence-electron chi connectivity index (χ1n) is 6.50. The summed E-state index contributed by atoms with van der Waals surface area (Å²) in [5.74, 6) is 0. The van der Waals surface area contributed by atoms with Crippen LogP contribution in [-0.2, 0) is 0 Å². The number of rotatable bonds is 3. The van der Waals surface area contributed by atoms with E-state index in [1.54, 1.807) is 30.3 Å². The lowest BCUT2D eigenvalue weighted by atomic mass is 10.1. The van der Waals surface area contributed by atoms with Gasteiger partial charge in [-0.05, 0) is 43.9 Å². The van der Waals surface area contributed by atoms with Gasteiger partial charge in [-0.3, -0.25) is 9.69 Å². The smallest absolute Gasteiger partial charge is 0.150 e. The first-order chi connectivity index (χ1) is 10.5. The van der Waals surface area contributed by atoms with Crippen LogP contribution in [0.2, 0.25) is 10.0 Å². The molecule has 0 amide bonds. The van der Waals surface area contributed by atoms with Crippen molar-refractivity contribution in [2.75, 3.05) is 14.1 Å². The fraction of sp³-hybridized carbons (Fsp3) is 0.176. The van der Waals surface area contributed by atoms with E-state index >= 15 is 0 Å². The molecule has 0 spiro atoms. The van der Waals surface area contributed by atoms with Crippen LogP contribution in [0.5, 0.6) is 0 Å². The third-order valence-corrected chi connectivity index (χ3v) is 3.26. The van der Waals surface area contributed by atoms with Crippen LogP contribution in [0.1, 0.15) is 22.0 Å². The van der Waals surface area contributed by atoms with E-state index in [1.807, 2.05) is 37.2 Å². The highest BCUT2D eigenvalue weighted by atomic mass is 35.5. The van der Waals surface area contributed by atoms with Crippen LogP contribution in [0.15, 0.2) is 48.5 Å². The van der Waals surface area contributed by atoms with Crippen LogP contribution in [0, 0.1) is 11.3 Å². The van der Waals surface area contributed by atoms with Crippen LogP contribution in [0.4, 0.5) is 0 Å². The monoisotopic (exact) mass is 334 g/mol. The third kappa shape index (κ3) is 5.87. The molecule has 2 aromatic rings. The molecular weight excluding hydrogens is 319 g/mol. The number of carbonyl (C=O) groups excluding carboxylic acids is 1. The number of hydrogen-bond donors (Lipinski definition) is 0. The zero-order valence-corrected chi connectivity index (χ0v) is 13.8. The minimum absolute atomic E-state index is 0.223.